The van der Waals surface area contributed by atoms with Crippen molar-refractivity contribution in [2.75, 3.05) is 18.5 Å². The van der Waals surface area contributed by atoms with Crippen LogP contribution in [0.5, 0.6) is 0 Å². The number of hydrogen-bond donors (Lipinski definition) is 2. The molecule has 2 aliphatic rings. The van der Waals surface area contributed by atoms with Crippen LogP contribution in [-0.4, -0.2) is 36.9 Å². The van der Waals surface area contributed by atoms with Gasteiger partial charge >= 0.3 is 11.8 Å². The Morgan fingerprint density at radius 2 is 1.92 bits per heavy atom. The van der Waals surface area contributed by atoms with Crippen LogP contribution in [0.3, 0.4) is 0 Å². The van der Waals surface area contributed by atoms with E-state index in [2.05, 4.69) is 10.6 Å². The predicted octanol–water partition coefficient (Wildman–Crippen LogP) is 2.13. The van der Waals surface area contributed by atoms with E-state index in [1.165, 1.54) is 6.42 Å². The molecule has 1 aromatic carbocycles. The molecule has 2 fully saturated rings. The van der Waals surface area contributed by atoms with E-state index in [1.54, 1.807) is 6.07 Å². The van der Waals surface area contributed by atoms with E-state index in [-0.39, 0.29) is 12.6 Å². The van der Waals surface area contributed by atoms with Crippen LogP contribution in [0.15, 0.2) is 24.3 Å². The summed E-state index contributed by atoms with van der Waals surface area (Å²) in [5.74, 6) is -1.79. The summed E-state index contributed by atoms with van der Waals surface area (Å²) in [6.07, 6.45) is 5.06. The number of carbonyl (C=O) groups excluding carboxylic acids is 2. The Morgan fingerprint density at radius 3 is 2.67 bits per heavy atom. The third-order valence-electron chi connectivity index (χ3n) is 4.62. The summed E-state index contributed by atoms with van der Waals surface area (Å²) < 4.78 is 11.8. The highest BCUT2D eigenvalue weighted by atomic mass is 16.7. The minimum Gasteiger partial charge on any atom is -0.347 e. The van der Waals surface area contributed by atoms with E-state index in [0.717, 1.165) is 31.2 Å². The van der Waals surface area contributed by atoms with Crippen LogP contribution in [0, 0.1) is 6.92 Å². The average Bonchev–Trinajstić information content (AvgIpc) is 2.98. The van der Waals surface area contributed by atoms with Crippen LogP contribution >= 0.6 is 0 Å². The van der Waals surface area contributed by atoms with Gasteiger partial charge in [-0.2, -0.15) is 0 Å². The molecule has 0 bridgehead atoms. The Hall–Kier alpha value is -1.92. The summed E-state index contributed by atoms with van der Waals surface area (Å²) in [6, 6.07) is 7.33. The lowest BCUT2D eigenvalue weighted by Crippen LogP contribution is -2.41. The smallest absolute Gasteiger partial charge is 0.313 e. The van der Waals surface area contributed by atoms with Crippen LogP contribution in [0.2, 0.25) is 0 Å². The van der Waals surface area contributed by atoms with Gasteiger partial charge in [-0.3, -0.25) is 9.59 Å². The first-order chi connectivity index (χ1) is 11.6. The molecule has 1 aliphatic heterocycles. The number of nitrogens with one attached hydrogen (secondary N) is 2. The van der Waals surface area contributed by atoms with Gasteiger partial charge in [0.1, 0.15) is 6.10 Å². The fourth-order valence-corrected chi connectivity index (χ4v) is 3.25. The minimum atomic E-state index is -0.671. The van der Waals surface area contributed by atoms with E-state index in [4.69, 9.17) is 9.47 Å². The molecule has 6 heteroatoms. The summed E-state index contributed by atoms with van der Waals surface area (Å²) >= 11 is 0. The summed E-state index contributed by atoms with van der Waals surface area (Å²) in [5, 5.41) is 5.25. The van der Waals surface area contributed by atoms with Crippen molar-refractivity contribution in [3.05, 3.63) is 29.8 Å². The maximum Gasteiger partial charge on any atom is 0.313 e. The number of amides is 2. The molecular formula is C18H24N2O4. The molecule has 2 amide bonds. The standard InChI is InChI=1S/C18H24N2O4/c1-13-7-3-4-8-15(13)20-17(22)16(21)19-11-14-12-23-18(24-14)9-5-2-6-10-18/h3-4,7-8,14H,2,5-6,9-12H2,1H3,(H,19,21)(H,20,22)/t14-/m1/s1. The second-order valence-electron chi connectivity index (χ2n) is 6.50. The minimum absolute atomic E-state index is 0.196. The average molecular weight is 332 g/mol. The van der Waals surface area contributed by atoms with Crippen LogP contribution in [0.1, 0.15) is 37.7 Å². The summed E-state index contributed by atoms with van der Waals surface area (Å²) in [6.45, 7) is 2.61. The topological polar surface area (TPSA) is 76.7 Å². The lowest BCUT2D eigenvalue weighted by atomic mass is 9.94. The monoisotopic (exact) mass is 332 g/mol. The Morgan fingerprint density at radius 1 is 1.17 bits per heavy atom. The molecule has 1 saturated heterocycles. The number of rotatable bonds is 3. The third kappa shape index (κ3) is 3.94. The number of hydrogen-bond acceptors (Lipinski definition) is 4. The van der Waals surface area contributed by atoms with Crippen molar-refractivity contribution in [3.63, 3.8) is 0 Å². The molecule has 130 valence electrons. The fraction of sp³-hybridized carbons (Fsp3) is 0.556. The number of para-hydroxylation sites is 1. The van der Waals surface area contributed by atoms with Crippen molar-refractivity contribution >= 4 is 17.5 Å². The summed E-state index contributed by atoms with van der Waals surface area (Å²) in [5.41, 5.74) is 1.55. The Kier molecular flexibility index (Phi) is 5.16. The quantitative estimate of drug-likeness (QED) is 0.831. The van der Waals surface area contributed by atoms with Crippen LogP contribution in [-0.2, 0) is 19.1 Å². The van der Waals surface area contributed by atoms with Crippen LogP contribution in [0.4, 0.5) is 5.69 Å². The first-order valence-electron chi connectivity index (χ1n) is 8.55. The molecule has 6 nitrogen and oxygen atoms in total. The normalized spacial score (nSPS) is 22.3. The van der Waals surface area contributed by atoms with Gasteiger partial charge in [-0.15, -0.1) is 0 Å². The van der Waals surface area contributed by atoms with E-state index >= 15 is 0 Å². The maximum atomic E-state index is 12.0. The van der Waals surface area contributed by atoms with E-state index in [0.29, 0.717) is 12.3 Å². The highest BCUT2D eigenvalue weighted by molar-refractivity contribution is 6.39. The van der Waals surface area contributed by atoms with Gasteiger partial charge in [0.15, 0.2) is 5.79 Å². The Bertz CT molecular complexity index is 611. The number of benzene rings is 1. The zero-order valence-corrected chi connectivity index (χ0v) is 14.0. The van der Waals surface area contributed by atoms with Gasteiger partial charge < -0.3 is 20.1 Å². The van der Waals surface area contributed by atoms with Gasteiger partial charge in [0, 0.05) is 25.1 Å². The van der Waals surface area contributed by atoms with Crippen LogP contribution < -0.4 is 10.6 Å². The van der Waals surface area contributed by atoms with Crippen molar-refractivity contribution < 1.29 is 19.1 Å². The highest BCUT2D eigenvalue weighted by Gasteiger charge is 2.42. The van der Waals surface area contributed by atoms with Crippen molar-refractivity contribution in [2.45, 2.75) is 50.9 Å². The Balaban J connectivity index is 1.46. The zero-order chi connectivity index (χ0) is 17.0. The molecule has 0 unspecified atom stereocenters. The molecule has 1 spiro atoms. The molecule has 3 rings (SSSR count). The fourth-order valence-electron chi connectivity index (χ4n) is 3.25. The van der Waals surface area contributed by atoms with Crippen molar-refractivity contribution in [3.8, 4) is 0 Å². The van der Waals surface area contributed by atoms with E-state index < -0.39 is 17.6 Å². The highest BCUT2D eigenvalue weighted by Crippen LogP contribution is 2.37. The van der Waals surface area contributed by atoms with E-state index in [9.17, 15) is 9.59 Å². The summed E-state index contributed by atoms with van der Waals surface area (Å²) in [7, 11) is 0. The van der Waals surface area contributed by atoms with Gasteiger partial charge in [0.05, 0.1) is 6.61 Å². The van der Waals surface area contributed by atoms with Gasteiger partial charge in [0.25, 0.3) is 0 Å². The first-order valence-corrected chi connectivity index (χ1v) is 8.55. The SMILES string of the molecule is Cc1ccccc1NC(=O)C(=O)NC[C@@H]1COC2(CCCCC2)O1. The molecule has 2 N–H and O–H groups in total. The second kappa shape index (κ2) is 7.32. The Labute approximate surface area is 141 Å². The third-order valence-corrected chi connectivity index (χ3v) is 4.62. The van der Waals surface area contributed by atoms with E-state index in [1.807, 2.05) is 25.1 Å². The number of carbonyl (C=O) groups is 2. The first kappa shape index (κ1) is 16.9. The molecule has 1 heterocycles. The predicted molar refractivity (Wildman–Crippen MR) is 89.5 cm³/mol. The van der Waals surface area contributed by atoms with Crippen LogP contribution in [0.25, 0.3) is 0 Å². The van der Waals surface area contributed by atoms with Gasteiger partial charge in [-0.05, 0) is 31.4 Å². The second-order valence-corrected chi connectivity index (χ2v) is 6.50. The zero-order valence-electron chi connectivity index (χ0n) is 14.0. The van der Waals surface area contributed by atoms with Crippen molar-refractivity contribution in [1.29, 1.82) is 0 Å². The van der Waals surface area contributed by atoms with Crippen molar-refractivity contribution in [2.24, 2.45) is 0 Å². The molecule has 1 aromatic rings. The lowest BCUT2D eigenvalue weighted by molar-refractivity contribution is -0.186. The molecule has 0 aromatic heterocycles. The number of ether oxygens (including phenoxy) is 2. The lowest BCUT2D eigenvalue weighted by Gasteiger charge is -2.31. The largest absolute Gasteiger partial charge is 0.347 e. The molecule has 1 atom stereocenters. The van der Waals surface area contributed by atoms with Gasteiger partial charge in [-0.1, -0.05) is 24.6 Å². The molecule has 0 radical (unpaired) electrons. The van der Waals surface area contributed by atoms with Gasteiger partial charge in [-0.25, -0.2) is 0 Å². The summed E-state index contributed by atoms with van der Waals surface area (Å²) in [4.78, 5) is 23.9. The van der Waals surface area contributed by atoms with Gasteiger partial charge in [0.2, 0.25) is 0 Å². The maximum absolute atomic E-state index is 12.0. The number of aryl methyl sites for hydroxylation is 1. The molecular weight excluding hydrogens is 308 g/mol. The number of anilines is 1. The van der Waals surface area contributed by atoms with Crippen molar-refractivity contribution in [1.82, 2.24) is 5.32 Å². The molecule has 1 aliphatic carbocycles. The molecule has 24 heavy (non-hydrogen) atoms. The molecule has 1 saturated carbocycles.